The topological polar surface area (TPSA) is 21.3 Å². The lowest BCUT2D eigenvalue weighted by Crippen LogP contribution is -2.10. The van der Waals surface area contributed by atoms with Crippen molar-refractivity contribution in [2.75, 3.05) is 4.90 Å². The molecule has 0 saturated carbocycles. The van der Waals surface area contributed by atoms with Gasteiger partial charge in [-0.15, -0.1) is 11.3 Å². The van der Waals surface area contributed by atoms with Gasteiger partial charge in [0.05, 0.1) is 11.0 Å². The van der Waals surface area contributed by atoms with Crippen LogP contribution in [0, 0.1) is 0 Å². The highest BCUT2D eigenvalue weighted by atomic mass is 32.1. The van der Waals surface area contributed by atoms with E-state index in [1.807, 2.05) is 23.5 Å². The summed E-state index contributed by atoms with van der Waals surface area (Å²) in [7, 11) is 0. The van der Waals surface area contributed by atoms with Crippen LogP contribution < -0.4 is 4.90 Å². The highest BCUT2D eigenvalue weighted by Gasteiger charge is 2.19. The maximum absolute atomic E-state index is 6.33. The molecule has 0 bridgehead atoms. The van der Waals surface area contributed by atoms with Crippen LogP contribution in [0.3, 0.4) is 0 Å². The predicted octanol–water partition coefficient (Wildman–Crippen LogP) is 13.7. The van der Waals surface area contributed by atoms with Gasteiger partial charge in [-0.3, -0.25) is 0 Å². The van der Waals surface area contributed by atoms with Crippen molar-refractivity contribution >= 4 is 103 Å². The minimum atomic E-state index is 0.905. The SMILES string of the molecule is c1ccc(-n2c3ccccc3c3ccc(N(c4ccc5cc6c(cc5c4)oc4ccccc46)c4ccc5sc6ccccc6c5c4)cc32)cc1. The van der Waals surface area contributed by atoms with Crippen LogP contribution in [0.2, 0.25) is 0 Å². The fourth-order valence-electron chi connectivity index (χ4n) is 7.85. The van der Waals surface area contributed by atoms with E-state index in [0.717, 1.165) is 50.1 Å². The Labute approximate surface area is 291 Å². The first-order valence-corrected chi connectivity index (χ1v) is 17.7. The summed E-state index contributed by atoms with van der Waals surface area (Å²) < 4.78 is 11.3. The zero-order valence-corrected chi connectivity index (χ0v) is 27.7. The minimum absolute atomic E-state index is 0.905. The van der Waals surface area contributed by atoms with E-state index in [9.17, 15) is 0 Å². The standard InChI is InChI=1S/C46H28N2OS/c1-2-10-31(11-3-1)48-41-15-7-4-12-35(41)36-22-20-34(28-42(36)48)47(33-21-23-46-40(27-33)38-14-6-9-17-45(38)50-46)32-19-18-29-25-39-37-13-5-8-16-43(37)49-44(39)26-30(29)24-32/h1-28H. The molecule has 11 rings (SSSR count). The number of nitrogens with zero attached hydrogens (tertiary/aromatic N) is 2. The molecule has 0 radical (unpaired) electrons. The number of furan rings is 1. The molecule has 0 aliphatic heterocycles. The number of hydrogen-bond donors (Lipinski definition) is 0. The maximum Gasteiger partial charge on any atom is 0.136 e. The van der Waals surface area contributed by atoms with Crippen LogP contribution in [0.5, 0.6) is 0 Å². The molecule has 50 heavy (non-hydrogen) atoms. The molecule has 234 valence electrons. The van der Waals surface area contributed by atoms with Crippen LogP contribution in [0.15, 0.2) is 174 Å². The number of aromatic nitrogens is 1. The molecule has 0 aliphatic rings. The maximum atomic E-state index is 6.33. The summed E-state index contributed by atoms with van der Waals surface area (Å²) in [6, 6.07) is 61.5. The summed E-state index contributed by atoms with van der Waals surface area (Å²) in [5.41, 5.74) is 8.64. The van der Waals surface area contributed by atoms with E-state index in [1.165, 1.54) is 47.4 Å². The average Bonchev–Trinajstić information content (AvgIpc) is 3.83. The molecule has 0 aliphatic carbocycles. The zero-order chi connectivity index (χ0) is 32.8. The molecule has 3 nitrogen and oxygen atoms in total. The molecule has 0 spiro atoms. The number of hydrogen-bond acceptors (Lipinski definition) is 3. The second-order valence-corrected chi connectivity index (χ2v) is 14.1. The summed E-state index contributed by atoms with van der Waals surface area (Å²) in [6.45, 7) is 0. The van der Waals surface area contributed by atoms with Crippen molar-refractivity contribution in [3.63, 3.8) is 0 Å². The average molecular weight is 657 g/mol. The minimum Gasteiger partial charge on any atom is -0.456 e. The Balaban J connectivity index is 1.17. The first-order chi connectivity index (χ1) is 24.8. The van der Waals surface area contributed by atoms with Crippen molar-refractivity contribution in [3.8, 4) is 5.69 Å². The number of rotatable bonds is 4. The van der Waals surface area contributed by atoms with Crippen LogP contribution in [0.4, 0.5) is 17.1 Å². The van der Waals surface area contributed by atoms with Crippen LogP contribution in [-0.2, 0) is 0 Å². The summed E-state index contributed by atoms with van der Waals surface area (Å²) >= 11 is 1.85. The van der Waals surface area contributed by atoms with Gasteiger partial charge in [-0.2, -0.15) is 0 Å². The Morgan fingerprint density at radius 1 is 0.400 bits per heavy atom. The van der Waals surface area contributed by atoms with Crippen LogP contribution in [0.1, 0.15) is 0 Å². The van der Waals surface area contributed by atoms with Gasteiger partial charge >= 0.3 is 0 Å². The van der Waals surface area contributed by atoms with Crippen molar-refractivity contribution in [2.24, 2.45) is 0 Å². The lowest BCUT2D eigenvalue weighted by atomic mass is 10.0. The molecule has 0 saturated heterocycles. The van der Waals surface area contributed by atoms with E-state index in [2.05, 4.69) is 167 Å². The lowest BCUT2D eigenvalue weighted by Gasteiger charge is -2.26. The first kappa shape index (κ1) is 27.6. The summed E-state index contributed by atoms with van der Waals surface area (Å²) in [4.78, 5) is 2.40. The molecule has 11 aromatic rings. The normalized spacial score (nSPS) is 12.0. The van der Waals surface area contributed by atoms with Crippen molar-refractivity contribution in [1.29, 1.82) is 0 Å². The number of fused-ring (bicyclic) bond motifs is 10. The number of thiophene rings is 1. The number of benzene rings is 8. The van der Waals surface area contributed by atoms with E-state index in [1.54, 1.807) is 0 Å². The van der Waals surface area contributed by atoms with Crippen LogP contribution in [-0.4, -0.2) is 4.57 Å². The van der Waals surface area contributed by atoms with Crippen LogP contribution >= 0.6 is 11.3 Å². The van der Waals surface area contributed by atoms with Gasteiger partial charge in [0.1, 0.15) is 11.2 Å². The summed E-state index contributed by atoms with van der Waals surface area (Å²) in [6.07, 6.45) is 0. The molecule has 0 fully saturated rings. The van der Waals surface area contributed by atoms with Gasteiger partial charge < -0.3 is 13.9 Å². The fraction of sp³-hybridized carbons (Fsp3) is 0. The van der Waals surface area contributed by atoms with E-state index in [4.69, 9.17) is 4.42 Å². The van der Waals surface area contributed by atoms with Gasteiger partial charge in [0, 0.05) is 64.5 Å². The molecule has 0 atom stereocenters. The van der Waals surface area contributed by atoms with E-state index in [-0.39, 0.29) is 0 Å². The molecule has 0 N–H and O–H groups in total. The number of para-hydroxylation sites is 3. The molecular weight excluding hydrogens is 629 g/mol. The highest BCUT2D eigenvalue weighted by Crippen LogP contribution is 2.44. The largest absolute Gasteiger partial charge is 0.456 e. The zero-order valence-electron chi connectivity index (χ0n) is 26.9. The smallest absolute Gasteiger partial charge is 0.136 e. The van der Waals surface area contributed by atoms with E-state index < -0.39 is 0 Å². The summed E-state index contributed by atoms with van der Waals surface area (Å²) in [5, 5.41) is 9.67. The van der Waals surface area contributed by atoms with E-state index in [0.29, 0.717) is 0 Å². The van der Waals surface area contributed by atoms with Crippen molar-refractivity contribution in [2.45, 2.75) is 0 Å². The van der Waals surface area contributed by atoms with Gasteiger partial charge in [-0.05, 0) is 95.7 Å². The van der Waals surface area contributed by atoms with Gasteiger partial charge in [-0.1, -0.05) is 84.9 Å². The van der Waals surface area contributed by atoms with Gasteiger partial charge in [0.15, 0.2) is 0 Å². The van der Waals surface area contributed by atoms with Crippen LogP contribution in [0.25, 0.3) is 80.4 Å². The van der Waals surface area contributed by atoms with Crippen molar-refractivity contribution < 1.29 is 4.42 Å². The molecule has 4 heteroatoms. The Hall–Kier alpha value is -6.36. The van der Waals surface area contributed by atoms with Crippen molar-refractivity contribution in [1.82, 2.24) is 4.57 Å². The summed E-state index contributed by atoms with van der Waals surface area (Å²) in [5.74, 6) is 0. The Morgan fingerprint density at radius 3 is 2.00 bits per heavy atom. The molecule has 0 unspecified atom stereocenters. The predicted molar refractivity (Wildman–Crippen MR) is 213 cm³/mol. The first-order valence-electron chi connectivity index (χ1n) is 16.9. The second kappa shape index (κ2) is 10.6. The third kappa shape index (κ3) is 4.09. The van der Waals surface area contributed by atoms with Gasteiger partial charge in [0.2, 0.25) is 0 Å². The Morgan fingerprint density at radius 2 is 1.08 bits per heavy atom. The molecule has 3 heterocycles. The molecule has 0 amide bonds. The van der Waals surface area contributed by atoms with Crippen molar-refractivity contribution in [3.05, 3.63) is 170 Å². The Kier molecular flexibility index (Phi) is 5.83. The van der Waals surface area contributed by atoms with E-state index >= 15 is 0 Å². The highest BCUT2D eigenvalue weighted by molar-refractivity contribution is 7.25. The second-order valence-electron chi connectivity index (χ2n) is 13.0. The quantitative estimate of drug-likeness (QED) is 0.188. The number of anilines is 3. The molecule has 3 aromatic heterocycles. The Bertz CT molecular complexity index is 3110. The lowest BCUT2D eigenvalue weighted by molar-refractivity contribution is 0.669. The molecule has 8 aromatic carbocycles. The third-order valence-electron chi connectivity index (χ3n) is 10.1. The fourth-order valence-corrected chi connectivity index (χ4v) is 8.93. The van der Waals surface area contributed by atoms with Gasteiger partial charge in [0.25, 0.3) is 0 Å². The third-order valence-corrected chi connectivity index (χ3v) is 11.3. The molecular formula is C46H28N2OS. The monoisotopic (exact) mass is 656 g/mol. The van der Waals surface area contributed by atoms with Gasteiger partial charge in [-0.25, -0.2) is 0 Å².